The molecular weight excluding hydrogens is 508 g/mol. The molecule has 4 aromatic heterocycles. The zero-order valence-electron chi connectivity index (χ0n) is 23.8. The molecule has 0 saturated carbocycles. The van der Waals surface area contributed by atoms with Gasteiger partial charge in [0.15, 0.2) is 32.7 Å². The van der Waals surface area contributed by atoms with Gasteiger partial charge in [-0.2, -0.15) is 0 Å². The van der Waals surface area contributed by atoms with Crippen molar-refractivity contribution in [3.8, 4) is 21.5 Å². The third-order valence-electron chi connectivity index (χ3n) is 7.42. The number of nitrogens with zero attached hydrogens (tertiary/aromatic N) is 2. The van der Waals surface area contributed by atoms with E-state index in [0.717, 1.165) is 54.9 Å². The molecule has 0 aliphatic rings. The highest BCUT2D eigenvalue weighted by Gasteiger charge is 2.37. The second-order valence-electron chi connectivity index (χ2n) is 12.6. The number of benzene rings is 2. The fraction of sp³-hybridized carbons (Fsp3) is 0.375. The van der Waals surface area contributed by atoms with Gasteiger partial charge in [0.1, 0.15) is 0 Å². The number of aromatic nitrogens is 2. The third kappa shape index (κ3) is 3.92. The van der Waals surface area contributed by atoms with Gasteiger partial charge in [0.25, 0.3) is 0 Å². The molecule has 0 saturated heterocycles. The van der Waals surface area contributed by atoms with E-state index in [4.69, 9.17) is 18.8 Å². The molecule has 6 rings (SSSR count). The summed E-state index contributed by atoms with van der Waals surface area (Å²) in [5, 5.41) is 1.79. The van der Waals surface area contributed by atoms with Gasteiger partial charge < -0.3 is 8.83 Å². The Morgan fingerprint density at radius 1 is 0.553 bits per heavy atom. The summed E-state index contributed by atoms with van der Waals surface area (Å²) in [7, 11) is 0. The van der Waals surface area contributed by atoms with E-state index in [1.165, 1.54) is 31.7 Å². The van der Waals surface area contributed by atoms with Crippen molar-refractivity contribution in [2.24, 2.45) is 0 Å². The molecule has 2 aromatic carbocycles. The van der Waals surface area contributed by atoms with Gasteiger partial charge in [-0.15, -0.1) is 22.7 Å². The van der Waals surface area contributed by atoms with Crippen molar-refractivity contribution in [1.82, 2.24) is 9.97 Å². The molecule has 196 valence electrons. The summed E-state index contributed by atoms with van der Waals surface area (Å²) >= 11 is 3.37. The SMILES string of the molecule is Cc1cc2nc(-c3oc4c(C(C)(C)C)c(-c5nc6cc(C)c(C)cc6s5)oc4c3C(C)(C)C)sc2cc1C. The van der Waals surface area contributed by atoms with Crippen LogP contribution in [0.4, 0.5) is 0 Å². The molecule has 0 N–H and O–H groups in total. The summed E-state index contributed by atoms with van der Waals surface area (Å²) < 4.78 is 16.0. The number of thiazole rings is 2. The standard InChI is InChI=1S/C32H34N2O2S2/c1-15-11-19-21(13-17(15)3)37-29(33-19)27-23(31(5,6)7)25-26(35-27)24(32(8,9)10)28(36-25)30-34-20-12-16(2)18(4)14-22(20)38-30/h11-14H,1-10H3. The second-order valence-corrected chi connectivity index (χ2v) is 14.7. The minimum absolute atomic E-state index is 0.212. The zero-order valence-corrected chi connectivity index (χ0v) is 25.5. The molecule has 0 radical (unpaired) electrons. The van der Waals surface area contributed by atoms with Gasteiger partial charge in [-0.3, -0.25) is 0 Å². The van der Waals surface area contributed by atoms with Gasteiger partial charge in [-0.1, -0.05) is 41.5 Å². The summed E-state index contributed by atoms with van der Waals surface area (Å²) in [6.07, 6.45) is 0. The number of fused-ring (bicyclic) bond motifs is 3. The fourth-order valence-corrected chi connectivity index (χ4v) is 7.22. The van der Waals surface area contributed by atoms with E-state index in [0.29, 0.717) is 0 Å². The Kier molecular flexibility index (Phi) is 5.51. The molecule has 0 unspecified atom stereocenters. The molecule has 0 amide bonds. The Labute approximate surface area is 231 Å². The van der Waals surface area contributed by atoms with Crippen molar-refractivity contribution in [2.75, 3.05) is 0 Å². The van der Waals surface area contributed by atoms with Gasteiger partial charge in [0.05, 0.1) is 20.4 Å². The number of furan rings is 2. The molecule has 4 heterocycles. The lowest BCUT2D eigenvalue weighted by molar-refractivity contribution is 0.532. The topological polar surface area (TPSA) is 52.1 Å². The highest BCUT2D eigenvalue weighted by atomic mass is 32.1. The average molecular weight is 543 g/mol. The van der Waals surface area contributed by atoms with E-state index >= 15 is 0 Å². The lowest BCUT2D eigenvalue weighted by Crippen LogP contribution is -2.11. The lowest BCUT2D eigenvalue weighted by Gasteiger charge is -2.18. The summed E-state index contributed by atoms with van der Waals surface area (Å²) in [4.78, 5) is 10.0. The maximum absolute atomic E-state index is 6.80. The molecule has 0 atom stereocenters. The van der Waals surface area contributed by atoms with Crippen molar-refractivity contribution in [3.63, 3.8) is 0 Å². The highest BCUT2D eigenvalue weighted by molar-refractivity contribution is 7.22. The average Bonchev–Trinajstić information content (AvgIpc) is 3.53. The van der Waals surface area contributed by atoms with Gasteiger partial charge >= 0.3 is 0 Å². The first-order valence-electron chi connectivity index (χ1n) is 13.1. The normalized spacial score (nSPS) is 13.0. The molecule has 38 heavy (non-hydrogen) atoms. The van der Waals surface area contributed by atoms with Crippen LogP contribution in [0, 0.1) is 27.7 Å². The molecular formula is C32H34N2O2S2. The van der Waals surface area contributed by atoms with Gasteiger partial charge in [-0.25, -0.2) is 9.97 Å². The largest absolute Gasteiger partial charge is 0.449 e. The van der Waals surface area contributed by atoms with E-state index < -0.39 is 0 Å². The maximum Gasteiger partial charge on any atom is 0.178 e. The molecule has 6 aromatic rings. The number of rotatable bonds is 2. The Morgan fingerprint density at radius 2 is 0.895 bits per heavy atom. The Morgan fingerprint density at radius 3 is 1.24 bits per heavy atom. The van der Waals surface area contributed by atoms with Crippen LogP contribution in [-0.4, -0.2) is 9.97 Å². The van der Waals surface area contributed by atoms with Crippen LogP contribution in [0.25, 0.3) is 53.1 Å². The molecule has 0 bridgehead atoms. The maximum atomic E-state index is 6.80. The number of hydrogen-bond acceptors (Lipinski definition) is 6. The predicted octanol–water partition coefficient (Wildman–Crippen LogP) is 10.4. The molecule has 0 aliphatic carbocycles. The van der Waals surface area contributed by atoms with Crippen LogP contribution in [0.1, 0.15) is 74.9 Å². The summed E-state index contributed by atoms with van der Waals surface area (Å²) in [6, 6.07) is 8.79. The van der Waals surface area contributed by atoms with Gasteiger partial charge in [0.2, 0.25) is 0 Å². The first kappa shape index (κ1) is 25.3. The van der Waals surface area contributed by atoms with Crippen molar-refractivity contribution >= 4 is 54.3 Å². The first-order chi connectivity index (χ1) is 17.7. The van der Waals surface area contributed by atoms with E-state index in [1.54, 1.807) is 22.7 Å². The van der Waals surface area contributed by atoms with Gasteiger partial charge in [0, 0.05) is 11.1 Å². The second kappa shape index (κ2) is 8.27. The van der Waals surface area contributed by atoms with Crippen LogP contribution < -0.4 is 0 Å². The Balaban J connectivity index is 1.64. The minimum atomic E-state index is -0.212. The molecule has 0 fully saturated rings. The zero-order chi connectivity index (χ0) is 27.3. The number of hydrogen-bond donors (Lipinski definition) is 0. The predicted molar refractivity (Wildman–Crippen MR) is 162 cm³/mol. The van der Waals surface area contributed by atoms with E-state index in [9.17, 15) is 0 Å². The van der Waals surface area contributed by atoms with E-state index in [1.807, 2.05) is 0 Å². The van der Waals surface area contributed by atoms with E-state index in [-0.39, 0.29) is 10.8 Å². The smallest absolute Gasteiger partial charge is 0.178 e. The minimum Gasteiger partial charge on any atom is -0.449 e. The molecule has 4 nitrogen and oxygen atoms in total. The van der Waals surface area contributed by atoms with E-state index in [2.05, 4.69) is 93.5 Å². The van der Waals surface area contributed by atoms with Gasteiger partial charge in [-0.05, 0) is 85.0 Å². The molecule has 0 aliphatic heterocycles. The van der Waals surface area contributed by atoms with Crippen molar-refractivity contribution < 1.29 is 8.83 Å². The van der Waals surface area contributed by atoms with Crippen LogP contribution in [0.15, 0.2) is 33.1 Å². The first-order valence-corrected chi connectivity index (χ1v) is 14.7. The summed E-state index contributed by atoms with van der Waals surface area (Å²) in [5.41, 5.74) is 10.4. The fourth-order valence-electron chi connectivity index (χ4n) is 5.15. The van der Waals surface area contributed by atoms with Crippen LogP contribution in [0.5, 0.6) is 0 Å². The lowest BCUT2D eigenvalue weighted by atomic mass is 9.84. The molecule has 0 spiro atoms. The van der Waals surface area contributed by atoms with Crippen molar-refractivity contribution in [2.45, 2.75) is 80.1 Å². The number of aryl methyl sites for hydroxylation is 4. The Hall–Kier alpha value is -2.96. The summed E-state index contributed by atoms with van der Waals surface area (Å²) in [6.45, 7) is 21.8. The van der Waals surface area contributed by atoms with Crippen molar-refractivity contribution in [3.05, 3.63) is 57.6 Å². The van der Waals surface area contributed by atoms with Crippen molar-refractivity contribution in [1.29, 1.82) is 0 Å². The Bertz CT molecular complexity index is 1660. The highest BCUT2D eigenvalue weighted by Crippen LogP contribution is 2.50. The van der Waals surface area contributed by atoms with Crippen LogP contribution in [-0.2, 0) is 10.8 Å². The monoisotopic (exact) mass is 542 g/mol. The van der Waals surface area contributed by atoms with Crippen LogP contribution >= 0.6 is 22.7 Å². The third-order valence-corrected chi connectivity index (χ3v) is 9.45. The molecule has 6 heteroatoms. The van der Waals surface area contributed by atoms with Crippen LogP contribution in [0.2, 0.25) is 0 Å². The van der Waals surface area contributed by atoms with Crippen LogP contribution in [0.3, 0.4) is 0 Å². The summed E-state index contributed by atoms with van der Waals surface area (Å²) in [5.74, 6) is 1.63. The quantitative estimate of drug-likeness (QED) is 0.218.